The molecule has 0 aromatic carbocycles. The summed E-state index contributed by atoms with van der Waals surface area (Å²) < 4.78 is 0.178. The molecule has 0 heterocycles. The quantitative estimate of drug-likeness (QED) is 0.0433. The Bertz CT molecular complexity index is 682. The average molecular weight is 597 g/mol. The number of carbonyl (C=O) groups is 3. The van der Waals surface area contributed by atoms with E-state index in [1.54, 1.807) is 20.8 Å². The first-order valence-electron chi connectivity index (χ1n) is 17.2. The maximum atomic E-state index is 11.6. The number of hydrogen-bond acceptors (Lipinski definition) is 3. The highest BCUT2D eigenvalue weighted by molar-refractivity contribution is 5.70. The van der Waals surface area contributed by atoms with Crippen LogP contribution in [0.15, 0.2) is 12.2 Å². The SMILES string of the molecule is CCCCCCCCCCCCCCCCCCC/C=C/CC[N+](CC(C)C(=O)O)(CC(C)C(=O)O)CC(C)C(=O)O. The molecular weight excluding hydrogens is 530 g/mol. The fourth-order valence-electron chi connectivity index (χ4n) is 6.05. The van der Waals surface area contributed by atoms with E-state index >= 15 is 0 Å². The van der Waals surface area contributed by atoms with Gasteiger partial charge in [-0.15, -0.1) is 0 Å². The minimum atomic E-state index is -0.946. The predicted molar refractivity (Wildman–Crippen MR) is 173 cm³/mol. The molecule has 0 aromatic heterocycles. The van der Waals surface area contributed by atoms with Crippen LogP contribution in [0.5, 0.6) is 0 Å². The zero-order chi connectivity index (χ0) is 31.6. The Kier molecular flexibility index (Phi) is 24.4. The molecule has 3 N–H and O–H groups in total. The molecule has 0 aliphatic rings. The Labute approximate surface area is 257 Å². The number of unbranched alkanes of at least 4 members (excludes halogenated alkanes) is 17. The van der Waals surface area contributed by atoms with E-state index in [0.29, 0.717) is 13.0 Å². The summed E-state index contributed by atoms with van der Waals surface area (Å²) in [4.78, 5) is 34.9. The van der Waals surface area contributed by atoms with Crippen molar-refractivity contribution < 1.29 is 34.2 Å². The van der Waals surface area contributed by atoms with Gasteiger partial charge in [-0.3, -0.25) is 14.4 Å². The zero-order valence-corrected chi connectivity index (χ0v) is 27.7. The van der Waals surface area contributed by atoms with Crippen molar-refractivity contribution in [3.63, 3.8) is 0 Å². The van der Waals surface area contributed by atoms with Crippen molar-refractivity contribution >= 4 is 17.9 Å². The van der Waals surface area contributed by atoms with Crippen LogP contribution in [0.3, 0.4) is 0 Å². The molecule has 3 atom stereocenters. The summed E-state index contributed by atoms with van der Waals surface area (Å²) in [7, 11) is 0. The van der Waals surface area contributed by atoms with Crippen molar-refractivity contribution in [3.05, 3.63) is 12.2 Å². The van der Waals surface area contributed by atoms with Gasteiger partial charge < -0.3 is 19.8 Å². The molecule has 0 rings (SSSR count). The van der Waals surface area contributed by atoms with Crippen LogP contribution >= 0.6 is 0 Å². The third-order valence-corrected chi connectivity index (χ3v) is 8.66. The lowest BCUT2D eigenvalue weighted by Gasteiger charge is -2.42. The highest BCUT2D eigenvalue weighted by Gasteiger charge is 2.37. The molecule has 0 saturated carbocycles. The van der Waals surface area contributed by atoms with Gasteiger partial charge in [-0.2, -0.15) is 0 Å². The molecule has 0 spiro atoms. The second-order valence-corrected chi connectivity index (χ2v) is 13.0. The minimum Gasteiger partial charge on any atom is -0.481 e. The number of allylic oxidation sites excluding steroid dienone is 1. The van der Waals surface area contributed by atoms with E-state index in [1.165, 1.54) is 103 Å². The van der Waals surface area contributed by atoms with Crippen molar-refractivity contribution in [2.45, 2.75) is 150 Å². The molecule has 0 saturated heterocycles. The van der Waals surface area contributed by atoms with E-state index < -0.39 is 35.7 Å². The second-order valence-electron chi connectivity index (χ2n) is 13.0. The smallest absolute Gasteiger partial charge is 0.311 e. The van der Waals surface area contributed by atoms with Gasteiger partial charge in [0.2, 0.25) is 0 Å². The first-order chi connectivity index (χ1) is 20.0. The highest BCUT2D eigenvalue weighted by atomic mass is 16.4. The van der Waals surface area contributed by atoms with E-state index in [9.17, 15) is 29.7 Å². The molecule has 246 valence electrons. The van der Waals surface area contributed by atoms with Crippen LogP contribution < -0.4 is 0 Å². The molecule has 7 nitrogen and oxygen atoms in total. The van der Waals surface area contributed by atoms with E-state index in [2.05, 4.69) is 19.1 Å². The van der Waals surface area contributed by atoms with Gasteiger partial charge in [-0.05, 0) is 33.6 Å². The standard InChI is InChI=1S/C35H65NO6/c1-5-6-7-8-9-10-11-12-13-14-15-16-17-18-19-20-21-22-23-24-25-26-36(27-30(2)33(37)38,28-31(3)34(39)40)29-32(4)35(41)42/h23-24,30-32H,5-22,25-29H2,1-4H3,(H2-,37,38,39,40,41,42)/p+1/b24-23+. The van der Waals surface area contributed by atoms with Gasteiger partial charge >= 0.3 is 17.9 Å². The van der Waals surface area contributed by atoms with Gasteiger partial charge in [0.05, 0.1) is 26.2 Å². The Balaban J connectivity index is 4.25. The van der Waals surface area contributed by atoms with Crippen molar-refractivity contribution in [3.8, 4) is 0 Å². The monoisotopic (exact) mass is 596 g/mol. The van der Waals surface area contributed by atoms with Crippen LogP contribution in [0.1, 0.15) is 150 Å². The fourth-order valence-corrected chi connectivity index (χ4v) is 6.05. The van der Waals surface area contributed by atoms with Crippen LogP contribution in [-0.2, 0) is 14.4 Å². The number of aliphatic carboxylic acids is 3. The number of nitrogens with zero attached hydrogens (tertiary/aromatic N) is 1. The van der Waals surface area contributed by atoms with Gasteiger partial charge in [-0.25, -0.2) is 0 Å². The average Bonchev–Trinajstić information content (AvgIpc) is 2.93. The lowest BCUT2D eigenvalue weighted by atomic mass is 10.0. The fraction of sp³-hybridized carbons (Fsp3) is 0.857. The van der Waals surface area contributed by atoms with E-state index in [4.69, 9.17) is 0 Å². The molecule has 3 unspecified atom stereocenters. The normalized spacial score (nSPS) is 15.3. The molecule has 0 fully saturated rings. The molecule has 0 amide bonds. The Morgan fingerprint density at radius 2 is 0.786 bits per heavy atom. The maximum absolute atomic E-state index is 11.6. The lowest BCUT2D eigenvalue weighted by Crippen LogP contribution is -2.57. The van der Waals surface area contributed by atoms with Crippen molar-refractivity contribution in [1.82, 2.24) is 0 Å². The van der Waals surface area contributed by atoms with E-state index in [1.807, 2.05) is 0 Å². The van der Waals surface area contributed by atoms with Crippen molar-refractivity contribution in [2.75, 3.05) is 26.2 Å². The van der Waals surface area contributed by atoms with E-state index in [0.717, 1.165) is 12.8 Å². The highest BCUT2D eigenvalue weighted by Crippen LogP contribution is 2.21. The number of carboxylic acid groups (broad SMARTS) is 3. The molecule has 42 heavy (non-hydrogen) atoms. The molecule has 0 aliphatic carbocycles. The Morgan fingerprint density at radius 3 is 1.10 bits per heavy atom. The van der Waals surface area contributed by atoms with Gasteiger partial charge in [0.25, 0.3) is 0 Å². The second kappa shape index (κ2) is 25.6. The van der Waals surface area contributed by atoms with Crippen molar-refractivity contribution in [2.24, 2.45) is 17.8 Å². The molecular formula is C35H66NO6+. The molecule has 0 aliphatic heterocycles. The van der Waals surface area contributed by atoms with Crippen LogP contribution in [0.4, 0.5) is 0 Å². The largest absolute Gasteiger partial charge is 0.481 e. The lowest BCUT2D eigenvalue weighted by molar-refractivity contribution is -0.933. The first kappa shape index (κ1) is 40.1. The summed E-state index contributed by atoms with van der Waals surface area (Å²) in [5.41, 5.74) is 0. The summed E-state index contributed by atoms with van der Waals surface area (Å²) in [5.74, 6) is -4.91. The van der Waals surface area contributed by atoms with Gasteiger partial charge in [0, 0.05) is 6.42 Å². The van der Waals surface area contributed by atoms with Crippen LogP contribution in [-0.4, -0.2) is 63.9 Å². The van der Waals surface area contributed by atoms with Gasteiger partial charge in [0.15, 0.2) is 0 Å². The molecule has 0 bridgehead atoms. The number of hydrogen-bond donors (Lipinski definition) is 3. The minimum absolute atomic E-state index is 0.178. The predicted octanol–water partition coefficient (Wildman–Crippen LogP) is 8.95. The summed E-state index contributed by atoms with van der Waals surface area (Å²) in [5, 5.41) is 28.6. The van der Waals surface area contributed by atoms with Gasteiger partial charge in [0.1, 0.15) is 17.8 Å². The number of rotatable bonds is 30. The summed E-state index contributed by atoms with van der Waals surface area (Å²) in [6, 6.07) is 0. The number of carboxylic acids is 3. The molecule has 0 radical (unpaired) electrons. The topological polar surface area (TPSA) is 112 Å². The third kappa shape index (κ3) is 21.8. The summed E-state index contributed by atoms with van der Waals surface area (Å²) in [6.45, 7) is 8.30. The molecule has 7 heteroatoms. The Hall–Kier alpha value is -1.89. The third-order valence-electron chi connectivity index (χ3n) is 8.66. The van der Waals surface area contributed by atoms with Crippen LogP contribution in [0.25, 0.3) is 0 Å². The van der Waals surface area contributed by atoms with E-state index in [-0.39, 0.29) is 24.1 Å². The zero-order valence-electron chi connectivity index (χ0n) is 27.7. The van der Waals surface area contributed by atoms with Gasteiger partial charge in [-0.1, -0.05) is 122 Å². The summed E-state index contributed by atoms with van der Waals surface area (Å²) >= 11 is 0. The van der Waals surface area contributed by atoms with Crippen LogP contribution in [0, 0.1) is 17.8 Å². The maximum Gasteiger partial charge on any atom is 0.311 e. The number of quaternary nitrogens is 1. The summed E-state index contributed by atoms with van der Waals surface area (Å²) in [6.07, 6.45) is 29.0. The van der Waals surface area contributed by atoms with Crippen LogP contribution in [0.2, 0.25) is 0 Å². The van der Waals surface area contributed by atoms with Crippen molar-refractivity contribution in [1.29, 1.82) is 0 Å². The molecule has 0 aromatic rings. The first-order valence-corrected chi connectivity index (χ1v) is 17.2. The Morgan fingerprint density at radius 1 is 0.500 bits per heavy atom.